The Hall–Kier alpha value is -5.94. The zero-order chi connectivity index (χ0) is 38.3. The van der Waals surface area contributed by atoms with Gasteiger partial charge in [0, 0.05) is 50.2 Å². The zero-order valence-corrected chi connectivity index (χ0v) is 33.8. The van der Waals surface area contributed by atoms with E-state index in [0.717, 1.165) is 62.8 Å². The summed E-state index contributed by atoms with van der Waals surface area (Å²) >= 11 is 0. The fraction of sp³-hybridized carbons (Fsp3) is 0.214. The lowest BCUT2D eigenvalue weighted by molar-refractivity contribution is -0.136. The molecule has 0 aliphatic carbocycles. The van der Waals surface area contributed by atoms with Crippen LogP contribution in [0.3, 0.4) is 0 Å². The van der Waals surface area contributed by atoms with Crippen LogP contribution < -0.4 is 11.0 Å². The number of aromatic nitrogens is 2. The quantitative estimate of drug-likeness (QED) is 0.164. The first-order valence-electron chi connectivity index (χ1n) is 19.0. The van der Waals surface area contributed by atoms with Crippen molar-refractivity contribution in [2.75, 3.05) is 20.6 Å². The number of fused-ring (bicyclic) bond motifs is 14. The monoisotopic (exact) mass is 773 g/mol. The van der Waals surface area contributed by atoms with Crippen molar-refractivity contribution >= 4 is 79.7 Å². The first-order valence-corrected chi connectivity index (χ1v) is 23.8. The van der Waals surface area contributed by atoms with E-state index in [0.29, 0.717) is 46.0 Å². The summed E-state index contributed by atoms with van der Waals surface area (Å²) in [6.07, 6.45) is 1.02. The molecule has 4 aliphatic heterocycles. The molecule has 4 aliphatic rings. The van der Waals surface area contributed by atoms with Crippen molar-refractivity contribution in [2.24, 2.45) is 30.0 Å². The van der Waals surface area contributed by atoms with E-state index in [2.05, 4.69) is 32.1 Å². The average Bonchev–Trinajstić information content (AvgIpc) is 3.90. The zero-order valence-electron chi connectivity index (χ0n) is 31.8. The lowest BCUT2D eigenvalue weighted by Crippen LogP contribution is -2.68. The van der Waals surface area contributed by atoms with Gasteiger partial charge < -0.3 is 13.4 Å². The van der Waals surface area contributed by atoms with Crippen molar-refractivity contribution < 1.29 is 13.3 Å². The van der Waals surface area contributed by atoms with Gasteiger partial charge in [-0.15, -0.1) is 0 Å². The Kier molecular flexibility index (Phi) is 7.90. The highest BCUT2D eigenvalue weighted by molar-refractivity contribution is 6.83. The molecule has 2 aromatic heterocycles. The molecule has 12 nitrogen and oxygen atoms in total. The van der Waals surface area contributed by atoms with Gasteiger partial charge in [0.15, 0.2) is 31.7 Å². The number of carbonyl (C=O) groups is 1. The number of hydrogen-bond donors (Lipinski definition) is 0. The molecule has 0 radical (unpaired) electrons. The molecule has 0 amide bonds. The third-order valence-corrected chi connectivity index (χ3v) is 18.0. The number of carbonyl (C=O) groups excluding carboxylic acids is 1. The van der Waals surface area contributed by atoms with E-state index in [9.17, 15) is 4.79 Å². The maximum absolute atomic E-state index is 14.3. The Morgan fingerprint density at radius 3 is 1.50 bits per heavy atom. The lowest BCUT2D eigenvalue weighted by Gasteiger charge is -2.38. The molecule has 6 bridgehead atoms. The van der Waals surface area contributed by atoms with Gasteiger partial charge in [0.25, 0.3) is 5.97 Å². The van der Waals surface area contributed by atoms with Gasteiger partial charge >= 0.3 is 8.88 Å². The summed E-state index contributed by atoms with van der Waals surface area (Å²) in [6.45, 7) is 7.10. The topological polar surface area (TPSA) is 123 Å². The lowest BCUT2D eigenvalue weighted by atomic mass is 10.1. The van der Waals surface area contributed by atoms with Crippen LogP contribution in [-0.2, 0) is 13.3 Å². The van der Waals surface area contributed by atoms with Gasteiger partial charge in [-0.1, -0.05) is 104 Å². The predicted octanol–water partition coefficient (Wildman–Crippen LogP) is 6.50. The molecule has 0 spiro atoms. The van der Waals surface area contributed by atoms with Crippen molar-refractivity contribution in [2.45, 2.75) is 38.9 Å². The molecular formula is C42H39N9O3Si2. The Morgan fingerprint density at radius 2 is 1.05 bits per heavy atom. The summed E-state index contributed by atoms with van der Waals surface area (Å²) in [5.41, 5.74) is 4.46. The van der Waals surface area contributed by atoms with E-state index < -0.39 is 23.2 Å². The molecule has 1 atom stereocenters. The van der Waals surface area contributed by atoms with Crippen LogP contribution in [0.1, 0.15) is 42.0 Å². The van der Waals surface area contributed by atoms with Crippen molar-refractivity contribution in [3.63, 3.8) is 0 Å². The molecule has 0 fully saturated rings. The maximum Gasteiger partial charge on any atom is 0.661 e. The van der Waals surface area contributed by atoms with E-state index in [1.165, 1.54) is 0 Å². The molecule has 6 heterocycles. The van der Waals surface area contributed by atoms with Crippen LogP contribution in [0.25, 0.3) is 21.5 Å². The number of benzene rings is 4. The molecule has 56 heavy (non-hydrogen) atoms. The summed E-state index contributed by atoms with van der Waals surface area (Å²) in [6, 6.07) is 32.9. The van der Waals surface area contributed by atoms with Crippen LogP contribution >= 0.6 is 0 Å². The van der Waals surface area contributed by atoms with Crippen molar-refractivity contribution in [3.8, 4) is 0 Å². The first-order chi connectivity index (χ1) is 27.2. The maximum atomic E-state index is 14.3. The second-order valence-electron chi connectivity index (χ2n) is 15.3. The minimum atomic E-state index is -4.49. The Balaban J connectivity index is 1.48. The highest BCUT2D eigenvalue weighted by atomic mass is 28.5. The molecule has 0 N–H and O–H groups in total. The summed E-state index contributed by atoms with van der Waals surface area (Å²) < 4.78 is 19.0. The number of amidine groups is 4. The minimum absolute atomic E-state index is 0.116. The smallest absolute Gasteiger partial charge is 0.462 e. The van der Waals surface area contributed by atoms with Crippen LogP contribution in [0.2, 0.25) is 19.1 Å². The van der Waals surface area contributed by atoms with Crippen molar-refractivity contribution in [1.82, 2.24) is 13.4 Å². The van der Waals surface area contributed by atoms with Gasteiger partial charge in [-0.2, -0.15) is 0 Å². The van der Waals surface area contributed by atoms with E-state index in [-0.39, 0.29) is 6.42 Å². The highest BCUT2D eigenvalue weighted by Crippen LogP contribution is 2.44. The van der Waals surface area contributed by atoms with Crippen molar-refractivity contribution in [1.29, 1.82) is 0 Å². The van der Waals surface area contributed by atoms with E-state index in [1.807, 2.05) is 112 Å². The van der Waals surface area contributed by atoms with Gasteiger partial charge in [0.05, 0.1) is 0 Å². The summed E-state index contributed by atoms with van der Waals surface area (Å²) in [7, 11) is -3.10. The Bertz CT molecular complexity index is 2770. The standard InChI is InChI=1S/C42H39N9O3Si2/c1-6-34(52)53-56(54-55(4,5)25-15-24-49(2)3)50-39-30-20-11-12-21-31(30)41(50)47-37-28-18-9-10-19-29(28)38(44-37)48-42-33-23-14-13-22-32(33)40(51(42)56)46-36-27-17-8-7-16-26(27)35(43-36)45-39/h7-14,16-23H,6,15,24-25H2,1-5H3. The molecule has 1 unspecified atom stereocenters. The van der Waals surface area contributed by atoms with Gasteiger partial charge in [0.1, 0.15) is 22.6 Å². The molecule has 0 saturated carbocycles. The number of rotatable bonds is 8. The van der Waals surface area contributed by atoms with Crippen LogP contribution in [0.5, 0.6) is 0 Å². The van der Waals surface area contributed by atoms with Crippen LogP contribution in [-0.4, -0.2) is 80.5 Å². The van der Waals surface area contributed by atoms with E-state index >= 15 is 0 Å². The molecule has 278 valence electrons. The normalized spacial score (nSPS) is 17.7. The third-order valence-electron chi connectivity index (χ3n) is 10.6. The third kappa shape index (κ3) is 5.28. The first kappa shape index (κ1) is 34.5. The number of nitrogens with zero attached hydrogens (tertiary/aromatic N) is 9. The molecule has 14 heteroatoms. The predicted molar refractivity (Wildman–Crippen MR) is 224 cm³/mol. The number of aliphatic imine (C=N–C) groups is 4. The molecule has 4 aromatic carbocycles. The van der Waals surface area contributed by atoms with Gasteiger partial charge in [-0.25, -0.2) is 30.0 Å². The second kappa shape index (κ2) is 12.8. The fourth-order valence-corrected chi connectivity index (χ4v) is 15.9. The summed E-state index contributed by atoms with van der Waals surface area (Å²) in [5, 5.41) is 3.24. The van der Waals surface area contributed by atoms with Gasteiger partial charge in [-0.3, -0.25) is 13.3 Å². The Morgan fingerprint density at radius 1 is 0.625 bits per heavy atom. The van der Waals surface area contributed by atoms with Crippen molar-refractivity contribution in [3.05, 3.63) is 130 Å². The molecule has 10 rings (SSSR count). The summed E-state index contributed by atoms with van der Waals surface area (Å²) in [4.78, 5) is 48.5. The minimum Gasteiger partial charge on any atom is -0.462 e. The average molecular weight is 774 g/mol. The second-order valence-corrected chi connectivity index (χ2v) is 22.3. The van der Waals surface area contributed by atoms with E-state index in [4.69, 9.17) is 38.5 Å². The SMILES string of the molecule is CCC(=O)O[Si]1(O[Si](C)(C)CCCN(C)C)n2c3c4ccccc4c2N=C2N=C(N=c4c5ccccc5c(n41)=NC1=NC(=N3)c3ccccc31)c1ccccc12. The van der Waals surface area contributed by atoms with Crippen LogP contribution in [0, 0.1) is 0 Å². The number of hydrogen-bond acceptors (Lipinski definition) is 10. The molecule has 0 saturated heterocycles. The fourth-order valence-electron chi connectivity index (χ4n) is 8.09. The molecular weight excluding hydrogens is 735 g/mol. The van der Waals surface area contributed by atoms with Crippen LogP contribution in [0.15, 0.2) is 127 Å². The van der Waals surface area contributed by atoms with E-state index in [1.54, 1.807) is 0 Å². The largest absolute Gasteiger partial charge is 0.661 e. The highest BCUT2D eigenvalue weighted by Gasteiger charge is 2.58. The Labute approximate surface area is 325 Å². The van der Waals surface area contributed by atoms with Gasteiger partial charge in [0.2, 0.25) is 0 Å². The van der Waals surface area contributed by atoms with Gasteiger partial charge in [-0.05, 0) is 46.2 Å². The summed E-state index contributed by atoms with van der Waals surface area (Å²) in [5.74, 6) is 2.64. The molecule has 6 aromatic rings. The van der Waals surface area contributed by atoms with Crippen LogP contribution in [0.4, 0.5) is 11.6 Å².